The number of aliphatic hydroxyl groups is 1. The van der Waals surface area contributed by atoms with E-state index in [2.05, 4.69) is 0 Å². The standard InChI is InChI=1S/C17H21FN2O4/c1-12(21)20-7-3-6-17(23,11-20)16(22)19-8-9-24-15-5-2-4-14(18)13(15)10-19/h2,4-5,23H,3,6-11H2,1H3. The Balaban J connectivity index is 1.82. The maximum absolute atomic E-state index is 14.1. The van der Waals surface area contributed by atoms with E-state index in [1.54, 1.807) is 12.1 Å². The number of carbonyl (C=O) groups is 2. The summed E-state index contributed by atoms with van der Waals surface area (Å²) in [5.41, 5.74) is -1.31. The van der Waals surface area contributed by atoms with E-state index < -0.39 is 17.3 Å². The zero-order valence-corrected chi connectivity index (χ0v) is 13.6. The highest BCUT2D eigenvalue weighted by Gasteiger charge is 2.44. The quantitative estimate of drug-likeness (QED) is 0.828. The van der Waals surface area contributed by atoms with Crippen LogP contribution in [0.3, 0.4) is 0 Å². The average Bonchev–Trinajstić information content (AvgIpc) is 2.77. The van der Waals surface area contributed by atoms with Crippen LogP contribution in [0.25, 0.3) is 0 Å². The van der Waals surface area contributed by atoms with Crippen molar-refractivity contribution in [3.05, 3.63) is 29.6 Å². The first-order valence-electron chi connectivity index (χ1n) is 8.08. The molecule has 0 aliphatic carbocycles. The van der Waals surface area contributed by atoms with Crippen LogP contribution in [0.4, 0.5) is 4.39 Å². The third-order valence-corrected chi connectivity index (χ3v) is 4.65. The molecule has 7 heteroatoms. The van der Waals surface area contributed by atoms with Gasteiger partial charge in [0, 0.05) is 19.0 Å². The van der Waals surface area contributed by atoms with Crippen molar-refractivity contribution in [1.29, 1.82) is 0 Å². The van der Waals surface area contributed by atoms with Gasteiger partial charge in [0.25, 0.3) is 5.91 Å². The Kier molecular flexibility index (Phi) is 4.45. The van der Waals surface area contributed by atoms with Crippen LogP contribution in [0.5, 0.6) is 5.75 Å². The van der Waals surface area contributed by atoms with Gasteiger partial charge in [0.15, 0.2) is 5.60 Å². The first-order valence-corrected chi connectivity index (χ1v) is 8.08. The van der Waals surface area contributed by atoms with Crippen LogP contribution >= 0.6 is 0 Å². The molecule has 0 aromatic heterocycles. The fourth-order valence-corrected chi connectivity index (χ4v) is 3.31. The Morgan fingerprint density at radius 2 is 2.08 bits per heavy atom. The molecule has 1 atom stereocenters. The second-order valence-electron chi connectivity index (χ2n) is 6.37. The number of hydrogen-bond acceptors (Lipinski definition) is 4. The molecule has 6 nitrogen and oxygen atoms in total. The molecule has 0 saturated carbocycles. The maximum atomic E-state index is 14.1. The molecule has 0 spiro atoms. The molecule has 1 unspecified atom stereocenters. The molecular formula is C17H21FN2O4. The van der Waals surface area contributed by atoms with E-state index in [-0.39, 0.29) is 38.6 Å². The Morgan fingerprint density at radius 3 is 2.83 bits per heavy atom. The molecule has 1 saturated heterocycles. The van der Waals surface area contributed by atoms with Gasteiger partial charge in [0.2, 0.25) is 5.91 Å². The van der Waals surface area contributed by atoms with Crippen molar-refractivity contribution in [2.24, 2.45) is 0 Å². The molecule has 24 heavy (non-hydrogen) atoms. The lowest BCUT2D eigenvalue weighted by atomic mass is 9.91. The number of rotatable bonds is 1. The number of piperidine rings is 1. The normalized spacial score (nSPS) is 24.0. The zero-order valence-electron chi connectivity index (χ0n) is 13.6. The first-order chi connectivity index (χ1) is 11.4. The number of carbonyl (C=O) groups excluding carboxylic acids is 2. The van der Waals surface area contributed by atoms with Crippen LogP contribution in [0.2, 0.25) is 0 Å². The summed E-state index contributed by atoms with van der Waals surface area (Å²) in [4.78, 5) is 27.3. The van der Waals surface area contributed by atoms with Crippen molar-refractivity contribution in [3.8, 4) is 5.75 Å². The molecule has 1 fully saturated rings. The van der Waals surface area contributed by atoms with E-state index in [4.69, 9.17) is 4.74 Å². The van der Waals surface area contributed by atoms with E-state index in [0.29, 0.717) is 24.3 Å². The Labute approximate surface area is 139 Å². The van der Waals surface area contributed by atoms with E-state index in [0.717, 1.165) is 0 Å². The molecular weight excluding hydrogens is 315 g/mol. The second kappa shape index (κ2) is 6.39. The van der Waals surface area contributed by atoms with Gasteiger partial charge in [0.05, 0.1) is 19.6 Å². The second-order valence-corrected chi connectivity index (χ2v) is 6.37. The van der Waals surface area contributed by atoms with Gasteiger partial charge in [-0.3, -0.25) is 9.59 Å². The van der Waals surface area contributed by atoms with Crippen molar-refractivity contribution < 1.29 is 23.8 Å². The van der Waals surface area contributed by atoms with Crippen LogP contribution in [-0.2, 0) is 16.1 Å². The number of halogens is 1. The van der Waals surface area contributed by atoms with E-state index in [1.165, 1.54) is 22.8 Å². The van der Waals surface area contributed by atoms with Gasteiger partial charge in [-0.25, -0.2) is 4.39 Å². The highest BCUT2D eigenvalue weighted by atomic mass is 19.1. The van der Waals surface area contributed by atoms with Crippen LogP contribution in [0.15, 0.2) is 18.2 Å². The lowest BCUT2D eigenvalue weighted by Crippen LogP contribution is -2.58. The summed E-state index contributed by atoms with van der Waals surface area (Å²) in [6.07, 6.45) is 0.841. The largest absolute Gasteiger partial charge is 0.491 e. The molecule has 2 amide bonds. The molecule has 1 N–H and O–H groups in total. The molecule has 1 aromatic rings. The number of ether oxygens (including phenoxy) is 1. The third kappa shape index (κ3) is 3.08. The van der Waals surface area contributed by atoms with Crippen molar-refractivity contribution in [2.75, 3.05) is 26.2 Å². The molecule has 0 bridgehead atoms. The van der Waals surface area contributed by atoms with Crippen LogP contribution < -0.4 is 4.74 Å². The summed E-state index contributed by atoms with van der Waals surface area (Å²) >= 11 is 0. The minimum atomic E-state index is -1.63. The maximum Gasteiger partial charge on any atom is 0.256 e. The van der Waals surface area contributed by atoms with Crippen molar-refractivity contribution in [1.82, 2.24) is 9.80 Å². The minimum Gasteiger partial charge on any atom is -0.491 e. The average molecular weight is 336 g/mol. The van der Waals surface area contributed by atoms with Crippen molar-refractivity contribution in [3.63, 3.8) is 0 Å². The summed E-state index contributed by atoms with van der Waals surface area (Å²) in [6.45, 7) is 2.46. The lowest BCUT2D eigenvalue weighted by molar-refractivity contribution is -0.160. The SMILES string of the molecule is CC(=O)N1CCCC(O)(C(=O)N2CCOc3cccc(F)c3C2)C1. The molecule has 2 heterocycles. The van der Waals surface area contributed by atoms with E-state index >= 15 is 0 Å². The molecule has 1 aromatic carbocycles. The summed E-state index contributed by atoms with van der Waals surface area (Å²) < 4.78 is 19.6. The van der Waals surface area contributed by atoms with Gasteiger partial charge >= 0.3 is 0 Å². The van der Waals surface area contributed by atoms with Gasteiger partial charge in [0.1, 0.15) is 18.2 Å². The highest BCUT2D eigenvalue weighted by Crippen LogP contribution is 2.29. The predicted octanol–water partition coefficient (Wildman–Crippen LogP) is 0.920. The molecule has 2 aliphatic heterocycles. The number of β-amino-alcohol motifs (C(OH)–C–C–N with tert-alkyl or cyclic N) is 1. The summed E-state index contributed by atoms with van der Waals surface area (Å²) in [7, 11) is 0. The predicted molar refractivity (Wildman–Crippen MR) is 83.7 cm³/mol. The number of hydrogen-bond donors (Lipinski definition) is 1. The smallest absolute Gasteiger partial charge is 0.256 e. The summed E-state index contributed by atoms with van der Waals surface area (Å²) in [6, 6.07) is 4.55. The highest BCUT2D eigenvalue weighted by molar-refractivity contribution is 5.86. The van der Waals surface area contributed by atoms with Gasteiger partial charge in [-0.05, 0) is 25.0 Å². The summed E-state index contributed by atoms with van der Waals surface area (Å²) in [5.74, 6) is -0.663. The van der Waals surface area contributed by atoms with Crippen molar-refractivity contribution >= 4 is 11.8 Å². The third-order valence-electron chi connectivity index (χ3n) is 4.65. The van der Waals surface area contributed by atoms with E-state index in [1.807, 2.05) is 0 Å². The number of nitrogens with zero attached hydrogens (tertiary/aromatic N) is 2. The van der Waals surface area contributed by atoms with Crippen molar-refractivity contribution in [2.45, 2.75) is 31.9 Å². The van der Waals surface area contributed by atoms with Gasteiger partial charge in [-0.15, -0.1) is 0 Å². The fraction of sp³-hybridized carbons (Fsp3) is 0.529. The number of likely N-dealkylation sites (tertiary alicyclic amines) is 1. The zero-order chi connectivity index (χ0) is 17.3. The van der Waals surface area contributed by atoms with E-state index in [9.17, 15) is 19.1 Å². The Hall–Kier alpha value is -2.15. The topological polar surface area (TPSA) is 70.1 Å². The number of benzene rings is 1. The molecule has 2 aliphatic rings. The number of amides is 2. The Morgan fingerprint density at radius 1 is 1.29 bits per heavy atom. The monoisotopic (exact) mass is 336 g/mol. The minimum absolute atomic E-state index is 0.0251. The first kappa shape index (κ1) is 16.7. The van der Waals surface area contributed by atoms with Gasteiger partial charge in [-0.1, -0.05) is 6.07 Å². The van der Waals surface area contributed by atoms with Gasteiger partial charge in [-0.2, -0.15) is 0 Å². The Bertz CT molecular complexity index is 666. The van der Waals surface area contributed by atoms with Crippen LogP contribution in [-0.4, -0.2) is 58.6 Å². The van der Waals surface area contributed by atoms with Crippen LogP contribution in [0, 0.1) is 5.82 Å². The molecule has 3 rings (SSSR count). The number of fused-ring (bicyclic) bond motifs is 1. The molecule has 130 valence electrons. The lowest BCUT2D eigenvalue weighted by Gasteiger charge is -2.40. The van der Waals surface area contributed by atoms with Crippen LogP contribution in [0.1, 0.15) is 25.3 Å². The fourth-order valence-electron chi connectivity index (χ4n) is 3.31. The van der Waals surface area contributed by atoms with Gasteiger partial charge < -0.3 is 19.6 Å². The summed E-state index contributed by atoms with van der Waals surface area (Å²) in [5, 5.41) is 10.8. The molecule has 0 radical (unpaired) electrons.